The molecule has 1 aromatic heterocycles. The van der Waals surface area contributed by atoms with Crippen LogP contribution in [-0.2, 0) is 13.0 Å². The van der Waals surface area contributed by atoms with Gasteiger partial charge in [-0.3, -0.25) is 0 Å². The van der Waals surface area contributed by atoms with E-state index in [1.807, 2.05) is 0 Å². The Bertz CT molecular complexity index is 372. The van der Waals surface area contributed by atoms with Crippen LogP contribution in [0.4, 0.5) is 5.13 Å². The molecule has 1 heterocycles. The van der Waals surface area contributed by atoms with Gasteiger partial charge < -0.3 is 10.0 Å². The van der Waals surface area contributed by atoms with Crippen molar-refractivity contribution in [1.82, 2.24) is 4.98 Å². The lowest BCUT2D eigenvalue weighted by molar-refractivity contribution is 0.284. The van der Waals surface area contributed by atoms with E-state index in [-0.39, 0.29) is 6.61 Å². The van der Waals surface area contributed by atoms with E-state index in [0.717, 1.165) is 41.0 Å². The van der Waals surface area contributed by atoms with E-state index >= 15 is 0 Å². The lowest BCUT2D eigenvalue weighted by Gasteiger charge is -2.19. The van der Waals surface area contributed by atoms with Crippen LogP contribution in [0, 0.1) is 5.92 Å². The molecule has 4 heteroatoms. The number of anilines is 1. The minimum absolute atomic E-state index is 0.129. The van der Waals surface area contributed by atoms with E-state index < -0.39 is 0 Å². The molecule has 1 saturated carbocycles. The minimum Gasteiger partial charge on any atom is -0.391 e. The Kier molecular flexibility index (Phi) is 5.01. The van der Waals surface area contributed by atoms with E-state index in [9.17, 15) is 5.11 Å². The van der Waals surface area contributed by atoms with E-state index in [0.29, 0.717) is 0 Å². The fourth-order valence-electron chi connectivity index (χ4n) is 2.75. The second-order valence-electron chi connectivity index (χ2n) is 5.31. The first kappa shape index (κ1) is 13.8. The molecule has 0 amide bonds. The Morgan fingerprint density at radius 2 is 2.11 bits per heavy atom. The Morgan fingerprint density at radius 1 is 1.39 bits per heavy atom. The summed E-state index contributed by atoms with van der Waals surface area (Å²) in [4.78, 5) is 8.02. The lowest BCUT2D eigenvalue weighted by atomic mass is 10.1. The van der Waals surface area contributed by atoms with Gasteiger partial charge in [0.15, 0.2) is 5.13 Å². The molecule has 0 spiro atoms. The van der Waals surface area contributed by atoms with Gasteiger partial charge in [-0.15, -0.1) is 0 Å². The van der Waals surface area contributed by atoms with Crippen molar-refractivity contribution in [2.24, 2.45) is 5.92 Å². The van der Waals surface area contributed by atoms with Gasteiger partial charge in [-0.05, 0) is 25.2 Å². The van der Waals surface area contributed by atoms with E-state index in [4.69, 9.17) is 4.98 Å². The highest BCUT2D eigenvalue weighted by Gasteiger charge is 2.19. The van der Waals surface area contributed by atoms with Gasteiger partial charge in [0, 0.05) is 13.6 Å². The predicted molar refractivity (Wildman–Crippen MR) is 77.3 cm³/mol. The number of thiazole rings is 1. The molecule has 0 bridgehead atoms. The third kappa shape index (κ3) is 3.23. The Hall–Kier alpha value is -0.610. The smallest absolute Gasteiger partial charge is 0.185 e. The summed E-state index contributed by atoms with van der Waals surface area (Å²) in [5, 5.41) is 10.5. The largest absolute Gasteiger partial charge is 0.391 e. The maximum Gasteiger partial charge on any atom is 0.185 e. The van der Waals surface area contributed by atoms with Crippen LogP contribution in [0.1, 0.15) is 49.6 Å². The molecular formula is C14H24N2OS. The van der Waals surface area contributed by atoms with Crippen molar-refractivity contribution in [3.8, 4) is 0 Å². The van der Waals surface area contributed by atoms with Gasteiger partial charge in [-0.25, -0.2) is 4.98 Å². The van der Waals surface area contributed by atoms with Crippen molar-refractivity contribution in [2.45, 2.75) is 52.1 Å². The summed E-state index contributed by atoms with van der Waals surface area (Å²) in [6.07, 6.45) is 7.57. The zero-order valence-corrected chi connectivity index (χ0v) is 12.3. The Morgan fingerprint density at radius 3 is 2.72 bits per heavy atom. The van der Waals surface area contributed by atoms with Crippen molar-refractivity contribution in [2.75, 3.05) is 18.5 Å². The minimum atomic E-state index is 0.129. The van der Waals surface area contributed by atoms with Gasteiger partial charge in [0.1, 0.15) is 0 Å². The van der Waals surface area contributed by atoms with Crippen LogP contribution < -0.4 is 4.90 Å². The molecule has 0 aromatic carbocycles. The SMILES string of the molecule is CCCc1nc(N(C)CC2CCCC2)sc1CO. The Balaban J connectivity index is 2.02. The molecule has 1 aliphatic rings. The van der Waals surface area contributed by atoms with E-state index in [2.05, 4.69) is 18.9 Å². The number of aliphatic hydroxyl groups is 1. The normalized spacial score (nSPS) is 16.4. The molecule has 3 nitrogen and oxygen atoms in total. The van der Waals surface area contributed by atoms with E-state index in [1.165, 1.54) is 25.7 Å². The van der Waals surface area contributed by atoms with Gasteiger partial charge in [0.25, 0.3) is 0 Å². The van der Waals surface area contributed by atoms with Gasteiger partial charge in [-0.1, -0.05) is 37.5 Å². The van der Waals surface area contributed by atoms with Crippen LogP contribution in [0.15, 0.2) is 0 Å². The summed E-state index contributed by atoms with van der Waals surface area (Å²) >= 11 is 1.66. The first-order valence-corrected chi connectivity index (χ1v) is 7.86. The summed E-state index contributed by atoms with van der Waals surface area (Å²) in [6.45, 7) is 3.40. The zero-order chi connectivity index (χ0) is 13.0. The summed E-state index contributed by atoms with van der Waals surface area (Å²) in [7, 11) is 2.13. The maximum absolute atomic E-state index is 9.38. The number of hydrogen-bond donors (Lipinski definition) is 1. The molecule has 1 N–H and O–H groups in total. The highest BCUT2D eigenvalue weighted by Crippen LogP contribution is 2.30. The first-order valence-electron chi connectivity index (χ1n) is 7.05. The van der Waals surface area contributed by atoms with Gasteiger partial charge in [0.2, 0.25) is 0 Å². The highest BCUT2D eigenvalue weighted by atomic mass is 32.1. The van der Waals surface area contributed by atoms with Crippen molar-refractivity contribution in [3.05, 3.63) is 10.6 Å². The molecule has 1 fully saturated rings. The number of rotatable bonds is 6. The molecule has 102 valence electrons. The third-order valence-electron chi connectivity index (χ3n) is 3.73. The molecule has 0 radical (unpaired) electrons. The lowest BCUT2D eigenvalue weighted by Crippen LogP contribution is -2.23. The van der Waals surface area contributed by atoms with Crippen molar-refractivity contribution >= 4 is 16.5 Å². The highest BCUT2D eigenvalue weighted by molar-refractivity contribution is 7.15. The van der Waals surface area contributed by atoms with E-state index in [1.54, 1.807) is 11.3 Å². The van der Waals surface area contributed by atoms with Crippen LogP contribution >= 0.6 is 11.3 Å². The standard InChI is InChI=1S/C14H24N2OS/c1-3-6-12-13(10-17)18-14(15-12)16(2)9-11-7-4-5-8-11/h11,17H,3-10H2,1-2H3. The van der Waals surface area contributed by atoms with Crippen molar-refractivity contribution in [1.29, 1.82) is 0 Å². The quantitative estimate of drug-likeness (QED) is 0.860. The van der Waals surface area contributed by atoms with Gasteiger partial charge >= 0.3 is 0 Å². The third-order valence-corrected chi connectivity index (χ3v) is 4.93. The molecular weight excluding hydrogens is 244 g/mol. The molecule has 0 unspecified atom stereocenters. The molecule has 0 saturated heterocycles. The Labute approximate surface area is 114 Å². The zero-order valence-electron chi connectivity index (χ0n) is 11.5. The second-order valence-corrected chi connectivity index (χ2v) is 6.37. The number of aryl methyl sites for hydroxylation is 1. The molecule has 18 heavy (non-hydrogen) atoms. The number of aromatic nitrogens is 1. The molecule has 1 aliphatic carbocycles. The molecule has 0 atom stereocenters. The molecule has 1 aromatic rings. The summed E-state index contributed by atoms with van der Waals surface area (Å²) in [5.41, 5.74) is 1.10. The van der Waals surface area contributed by atoms with Crippen molar-refractivity contribution in [3.63, 3.8) is 0 Å². The first-order chi connectivity index (χ1) is 8.74. The van der Waals surface area contributed by atoms with Gasteiger partial charge in [0.05, 0.1) is 17.2 Å². The summed E-state index contributed by atoms with van der Waals surface area (Å²) in [6, 6.07) is 0. The van der Waals surface area contributed by atoms with Crippen LogP contribution in [0.5, 0.6) is 0 Å². The number of nitrogens with zero attached hydrogens (tertiary/aromatic N) is 2. The average molecular weight is 268 g/mol. The second kappa shape index (κ2) is 6.53. The van der Waals surface area contributed by atoms with Crippen molar-refractivity contribution < 1.29 is 5.11 Å². The number of aliphatic hydroxyl groups excluding tert-OH is 1. The number of hydrogen-bond acceptors (Lipinski definition) is 4. The topological polar surface area (TPSA) is 36.4 Å². The van der Waals surface area contributed by atoms with Gasteiger partial charge in [-0.2, -0.15) is 0 Å². The van der Waals surface area contributed by atoms with Crippen LogP contribution in [0.2, 0.25) is 0 Å². The fourth-order valence-corrected chi connectivity index (χ4v) is 3.68. The molecule has 2 rings (SSSR count). The maximum atomic E-state index is 9.38. The average Bonchev–Trinajstić information content (AvgIpc) is 2.98. The monoisotopic (exact) mass is 268 g/mol. The predicted octanol–water partition coefficient (Wildman–Crippen LogP) is 3.21. The molecule has 0 aliphatic heterocycles. The summed E-state index contributed by atoms with van der Waals surface area (Å²) < 4.78 is 0. The summed E-state index contributed by atoms with van der Waals surface area (Å²) in [5.74, 6) is 0.839. The fraction of sp³-hybridized carbons (Fsp3) is 0.786. The van der Waals surface area contributed by atoms with Crippen LogP contribution in [0.3, 0.4) is 0 Å². The van der Waals surface area contributed by atoms with Crippen LogP contribution in [0.25, 0.3) is 0 Å². The van der Waals surface area contributed by atoms with Crippen LogP contribution in [-0.4, -0.2) is 23.7 Å².